The molecular weight excluding hydrogens is 354 g/mol. The van der Waals surface area contributed by atoms with Gasteiger partial charge in [0.2, 0.25) is 5.91 Å². The number of carbonyl (C=O) groups is 2. The van der Waals surface area contributed by atoms with Gasteiger partial charge < -0.3 is 15.5 Å². The number of hydrogen-bond acceptors (Lipinski definition) is 4. The van der Waals surface area contributed by atoms with E-state index < -0.39 is 0 Å². The van der Waals surface area contributed by atoms with Crippen LogP contribution in [0.15, 0.2) is 47.6 Å². The van der Waals surface area contributed by atoms with Crippen molar-refractivity contribution in [2.24, 2.45) is 5.16 Å². The van der Waals surface area contributed by atoms with Crippen molar-refractivity contribution < 1.29 is 14.4 Å². The summed E-state index contributed by atoms with van der Waals surface area (Å²) in [5.74, 6) is -0.487. The summed E-state index contributed by atoms with van der Waals surface area (Å²) in [7, 11) is 0. The zero-order valence-corrected chi connectivity index (χ0v) is 15.6. The Bertz CT molecular complexity index is 832. The van der Waals surface area contributed by atoms with E-state index in [9.17, 15) is 9.59 Å². The standard InChI is InChI=1S/C19H20ClN3O3/c1-12-4-9-18(17(20)10-12)22-19(25)11-26-23-13(2)15-5-7-16(8-6-15)21-14(3)24/h4-10H,11H2,1-3H3,(H,21,24)(H,22,25)/b23-13+. The van der Waals surface area contributed by atoms with E-state index in [4.69, 9.17) is 16.4 Å². The zero-order valence-electron chi connectivity index (χ0n) is 14.8. The summed E-state index contributed by atoms with van der Waals surface area (Å²) >= 11 is 6.07. The fraction of sp³-hybridized carbons (Fsp3) is 0.211. The molecule has 0 saturated carbocycles. The van der Waals surface area contributed by atoms with Crippen LogP contribution in [0.2, 0.25) is 5.02 Å². The molecule has 136 valence electrons. The minimum absolute atomic E-state index is 0.133. The maximum absolute atomic E-state index is 11.9. The molecule has 7 heteroatoms. The van der Waals surface area contributed by atoms with Crippen LogP contribution in [-0.4, -0.2) is 24.1 Å². The first-order chi connectivity index (χ1) is 12.3. The molecular formula is C19H20ClN3O3. The molecule has 0 aliphatic heterocycles. The van der Waals surface area contributed by atoms with Crippen molar-refractivity contribution in [1.29, 1.82) is 0 Å². The molecule has 0 fully saturated rings. The van der Waals surface area contributed by atoms with E-state index in [0.717, 1.165) is 11.1 Å². The van der Waals surface area contributed by atoms with E-state index in [2.05, 4.69) is 15.8 Å². The molecule has 2 N–H and O–H groups in total. The first-order valence-electron chi connectivity index (χ1n) is 7.96. The van der Waals surface area contributed by atoms with Crippen molar-refractivity contribution in [2.75, 3.05) is 17.2 Å². The van der Waals surface area contributed by atoms with Crippen LogP contribution in [0.25, 0.3) is 0 Å². The van der Waals surface area contributed by atoms with Crippen LogP contribution in [0, 0.1) is 6.92 Å². The van der Waals surface area contributed by atoms with Crippen LogP contribution in [0.1, 0.15) is 25.0 Å². The Morgan fingerprint density at radius 1 is 1.08 bits per heavy atom. The Morgan fingerprint density at radius 2 is 1.77 bits per heavy atom. The van der Waals surface area contributed by atoms with E-state index in [0.29, 0.717) is 22.1 Å². The molecule has 6 nitrogen and oxygen atoms in total. The van der Waals surface area contributed by atoms with E-state index in [-0.39, 0.29) is 18.4 Å². The maximum atomic E-state index is 11.9. The molecule has 0 unspecified atom stereocenters. The number of nitrogens with one attached hydrogen (secondary N) is 2. The summed E-state index contributed by atoms with van der Waals surface area (Å²) in [6.45, 7) is 4.90. The largest absolute Gasteiger partial charge is 0.385 e. The van der Waals surface area contributed by atoms with Crippen molar-refractivity contribution in [3.63, 3.8) is 0 Å². The van der Waals surface area contributed by atoms with E-state index in [1.165, 1.54) is 6.92 Å². The van der Waals surface area contributed by atoms with Gasteiger partial charge in [-0.25, -0.2) is 0 Å². The highest BCUT2D eigenvalue weighted by Gasteiger charge is 2.07. The molecule has 0 saturated heterocycles. The lowest BCUT2D eigenvalue weighted by Gasteiger charge is -2.08. The van der Waals surface area contributed by atoms with Gasteiger partial charge in [-0.2, -0.15) is 0 Å². The van der Waals surface area contributed by atoms with Gasteiger partial charge in [0.05, 0.1) is 16.4 Å². The van der Waals surface area contributed by atoms with E-state index in [1.807, 2.05) is 13.0 Å². The van der Waals surface area contributed by atoms with Crippen LogP contribution < -0.4 is 10.6 Å². The predicted molar refractivity (Wildman–Crippen MR) is 104 cm³/mol. The number of amides is 2. The van der Waals surface area contributed by atoms with Crippen molar-refractivity contribution in [3.8, 4) is 0 Å². The van der Waals surface area contributed by atoms with Crippen molar-refractivity contribution in [2.45, 2.75) is 20.8 Å². The zero-order chi connectivity index (χ0) is 19.1. The van der Waals surface area contributed by atoms with Gasteiger partial charge in [-0.1, -0.05) is 35.0 Å². The van der Waals surface area contributed by atoms with Crippen molar-refractivity contribution in [1.82, 2.24) is 0 Å². The highest BCUT2D eigenvalue weighted by Crippen LogP contribution is 2.22. The number of aryl methyl sites for hydroxylation is 1. The highest BCUT2D eigenvalue weighted by atomic mass is 35.5. The predicted octanol–water partition coefficient (Wildman–Crippen LogP) is 3.99. The molecule has 26 heavy (non-hydrogen) atoms. The monoisotopic (exact) mass is 373 g/mol. The first-order valence-corrected chi connectivity index (χ1v) is 8.33. The second kappa shape index (κ2) is 9.01. The van der Waals surface area contributed by atoms with Gasteiger partial charge in [0.15, 0.2) is 6.61 Å². The van der Waals surface area contributed by atoms with Crippen LogP contribution in [-0.2, 0) is 14.4 Å². The Hall–Kier alpha value is -2.86. The number of carbonyl (C=O) groups excluding carboxylic acids is 2. The molecule has 0 aromatic heterocycles. The highest BCUT2D eigenvalue weighted by molar-refractivity contribution is 6.33. The lowest BCUT2D eigenvalue weighted by molar-refractivity contribution is -0.120. The molecule has 0 aliphatic carbocycles. The molecule has 0 atom stereocenters. The molecule has 2 aromatic carbocycles. The Morgan fingerprint density at radius 3 is 2.38 bits per heavy atom. The van der Waals surface area contributed by atoms with Crippen molar-refractivity contribution >= 4 is 40.5 Å². The Balaban J connectivity index is 1.88. The summed E-state index contributed by atoms with van der Waals surface area (Å²) in [5, 5.41) is 9.77. The summed E-state index contributed by atoms with van der Waals surface area (Å²) in [4.78, 5) is 28.0. The first kappa shape index (κ1) is 19.5. The molecule has 0 radical (unpaired) electrons. The fourth-order valence-corrected chi connectivity index (χ4v) is 2.43. The minimum atomic E-state index is -0.353. The summed E-state index contributed by atoms with van der Waals surface area (Å²) in [6.07, 6.45) is 0. The summed E-state index contributed by atoms with van der Waals surface area (Å²) < 4.78 is 0. The normalized spacial score (nSPS) is 11.0. The molecule has 2 aromatic rings. The average Bonchev–Trinajstić information content (AvgIpc) is 2.57. The number of anilines is 2. The van der Waals surface area contributed by atoms with E-state index >= 15 is 0 Å². The smallest absolute Gasteiger partial charge is 0.265 e. The summed E-state index contributed by atoms with van der Waals surface area (Å²) in [6, 6.07) is 12.5. The minimum Gasteiger partial charge on any atom is -0.385 e. The van der Waals surface area contributed by atoms with Gasteiger partial charge >= 0.3 is 0 Å². The van der Waals surface area contributed by atoms with Gasteiger partial charge in [0.25, 0.3) is 5.91 Å². The third-order valence-electron chi connectivity index (χ3n) is 3.42. The Kier molecular flexibility index (Phi) is 6.74. The molecule has 0 spiro atoms. The SMILES string of the molecule is CC(=O)Nc1ccc(/C(C)=N/OCC(=O)Nc2ccc(C)cc2Cl)cc1. The van der Waals surface area contributed by atoms with Gasteiger partial charge in [-0.05, 0) is 49.2 Å². The number of hydrogen-bond donors (Lipinski definition) is 2. The second-order valence-electron chi connectivity index (χ2n) is 5.74. The Labute approximate surface area is 157 Å². The van der Waals surface area contributed by atoms with Gasteiger partial charge in [-0.15, -0.1) is 0 Å². The van der Waals surface area contributed by atoms with Crippen LogP contribution in [0.4, 0.5) is 11.4 Å². The van der Waals surface area contributed by atoms with Gasteiger partial charge in [-0.3, -0.25) is 9.59 Å². The number of halogens is 1. The number of oxime groups is 1. The molecule has 0 aliphatic rings. The second-order valence-corrected chi connectivity index (χ2v) is 6.15. The number of rotatable bonds is 6. The topological polar surface area (TPSA) is 79.8 Å². The molecule has 0 heterocycles. The molecule has 0 bridgehead atoms. The molecule has 2 amide bonds. The van der Waals surface area contributed by atoms with Crippen LogP contribution in [0.3, 0.4) is 0 Å². The van der Waals surface area contributed by atoms with Gasteiger partial charge in [0.1, 0.15) is 0 Å². The number of benzene rings is 2. The van der Waals surface area contributed by atoms with E-state index in [1.54, 1.807) is 43.3 Å². The lowest BCUT2D eigenvalue weighted by atomic mass is 10.1. The molecule has 2 rings (SSSR count). The van der Waals surface area contributed by atoms with Crippen molar-refractivity contribution in [3.05, 3.63) is 58.6 Å². The maximum Gasteiger partial charge on any atom is 0.265 e. The third-order valence-corrected chi connectivity index (χ3v) is 3.73. The third kappa shape index (κ3) is 5.89. The van der Waals surface area contributed by atoms with Crippen LogP contribution in [0.5, 0.6) is 0 Å². The lowest BCUT2D eigenvalue weighted by Crippen LogP contribution is -2.17. The van der Waals surface area contributed by atoms with Crippen LogP contribution >= 0.6 is 11.6 Å². The summed E-state index contributed by atoms with van der Waals surface area (Å²) in [5.41, 5.74) is 3.67. The average molecular weight is 374 g/mol. The van der Waals surface area contributed by atoms with Gasteiger partial charge in [0, 0.05) is 12.6 Å². The quantitative estimate of drug-likeness (QED) is 0.593. The fourth-order valence-electron chi connectivity index (χ4n) is 2.15. The number of nitrogens with zero attached hydrogens (tertiary/aromatic N) is 1.